The third-order valence-corrected chi connectivity index (χ3v) is 11.5. The zero-order valence-corrected chi connectivity index (χ0v) is 22.5. The smallest absolute Gasteiger partial charge is 0.160 e. The van der Waals surface area contributed by atoms with Crippen LogP contribution in [-0.4, -0.2) is 22.8 Å². The summed E-state index contributed by atoms with van der Waals surface area (Å²) in [6, 6.07) is 0. The lowest BCUT2D eigenvalue weighted by Gasteiger charge is -2.60. The van der Waals surface area contributed by atoms with E-state index in [9.17, 15) is 14.7 Å². The van der Waals surface area contributed by atoms with Crippen LogP contribution in [0.2, 0.25) is 0 Å². The Balaban J connectivity index is 1.74. The first kappa shape index (κ1) is 25.1. The molecule has 0 radical (unpaired) electrons. The zero-order valence-electron chi connectivity index (χ0n) is 22.5. The molecule has 186 valence electrons. The van der Waals surface area contributed by atoms with Gasteiger partial charge in [-0.1, -0.05) is 74.7 Å². The van der Waals surface area contributed by atoms with Crippen molar-refractivity contribution in [3.8, 4) is 0 Å². The highest BCUT2D eigenvalue weighted by Crippen LogP contribution is 2.71. The van der Waals surface area contributed by atoms with E-state index in [1.165, 1.54) is 19.3 Å². The summed E-state index contributed by atoms with van der Waals surface area (Å²) >= 11 is 0. The zero-order chi connectivity index (χ0) is 24.6. The standard InChI is InChI=1S/C30H48O3/c1-18(2)10-9-11-19(3)20-12-15-29(7)26-21(31)16-23-27(4,5)24(33)13-14-28(23,6)25(26)22(32)17-30(20,29)8/h18-20,23-24,33H,9-17H2,1-8H3/t19-,20-,23-,24+,28+,29+,30+/m0/s1. The number of aliphatic hydroxyl groups excluding tert-OH is 1. The van der Waals surface area contributed by atoms with Crippen LogP contribution in [-0.2, 0) is 9.59 Å². The second-order valence-corrected chi connectivity index (χ2v) is 14.0. The van der Waals surface area contributed by atoms with E-state index in [1.807, 2.05) is 0 Å². The van der Waals surface area contributed by atoms with Gasteiger partial charge in [-0.05, 0) is 60.2 Å². The molecule has 0 aliphatic heterocycles. The summed E-state index contributed by atoms with van der Waals surface area (Å²) in [6.45, 7) is 18.1. The molecule has 0 spiro atoms. The first-order valence-electron chi connectivity index (χ1n) is 13.7. The van der Waals surface area contributed by atoms with Gasteiger partial charge < -0.3 is 5.11 Å². The lowest BCUT2D eigenvalue weighted by molar-refractivity contribution is -0.141. The summed E-state index contributed by atoms with van der Waals surface area (Å²) in [5.74, 6) is 2.27. The number of carbonyl (C=O) groups is 2. The number of hydrogen-bond donors (Lipinski definition) is 1. The number of allylic oxidation sites excluding steroid dienone is 2. The molecule has 3 nitrogen and oxygen atoms in total. The van der Waals surface area contributed by atoms with Gasteiger partial charge in [-0.3, -0.25) is 9.59 Å². The Labute approximate surface area is 202 Å². The Bertz CT molecular complexity index is 866. The molecule has 4 aliphatic rings. The second-order valence-electron chi connectivity index (χ2n) is 14.0. The highest BCUT2D eigenvalue weighted by molar-refractivity contribution is 6.11. The van der Waals surface area contributed by atoms with Crippen molar-refractivity contribution in [1.29, 1.82) is 0 Å². The molecule has 2 saturated carbocycles. The molecular formula is C30H48O3. The average Bonchev–Trinajstić information content (AvgIpc) is 2.97. The van der Waals surface area contributed by atoms with E-state index in [-0.39, 0.29) is 39.1 Å². The topological polar surface area (TPSA) is 54.4 Å². The van der Waals surface area contributed by atoms with Crippen LogP contribution in [0.5, 0.6) is 0 Å². The Morgan fingerprint density at radius 3 is 2.21 bits per heavy atom. The van der Waals surface area contributed by atoms with Crippen LogP contribution in [0.3, 0.4) is 0 Å². The Kier molecular flexibility index (Phi) is 6.12. The molecular weight excluding hydrogens is 408 g/mol. The van der Waals surface area contributed by atoms with Crippen molar-refractivity contribution in [1.82, 2.24) is 0 Å². The fourth-order valence-electron chi connectivity index (χ4n) is 9.16. The van der Waals surface area contributed by atoms with E-state index in [4.69, 9.17) is 0 Å². The van der Waals surface area contributed by atoms with Gasteiger partial charge in [0, 0.05) is 34.8 Å². The summed E-state index contributed by atoms with van der Waals surface area (Å²) in [7, 11) is 0. The summed E-state index contributed by atoms with van der Waals surface area (Å²) < 4.78 is 0. The molecule has 4 aliphatic carbocycles. The number of ketones is 2. The largest absolute Gasteiger partial charge is 0.393 e. The minimum absolute atomic E-state index is 0.0315. The fraction of sp³-hybridized carbons (Fsp3) is 0.867. The molecule has 0 unspecified atom stereocenters. The van der Waals surface area contributed by atoms with Crippen LogP contribution in [0.1, 0.15) is 113 Å². The summed E-state index contributed by atoms with van der Waals surface area (Å²) in [5, 5.41) is 10.8. The first-order valence-corrected chi connectivity index (χ1v) is 13.7. The first-order chi connectivity index (χ1) is 15.2. The van der Waals surface area contributed by atoms with Gasteiger partial charge in [-0.15, -0.1) is 0 Å². The van der Waals surface area contributed by atoms with Crippen molar-refractivity contribution >= 4 is 11.6 Å². The van der Waals surface area contributed by atoms with Gasteiger partial charge in [-0.2, -0.15) is 0 Å². The molecule has 0 bridgehead atoms. The van der Waals surface area contributed by atoms with Crippen molar-refractivity contribution in [3.63, 3.8) is 0 Å². The van der Waals surface area contributed by atoms with E-state index in [1.54, 1.807) is 0 Å². The molecule has 0 amide bonds. The van der Waals surface area contributed by atoms with Gasteiger partial charge >= 0.3 is 0 Å². The molecule has 1 N–H and O–H groups in total. The number of aliphatic hydroxyl groups is 1. The minimum Gasteiger partial charge on any atom is -0.393 e. The fourth-order valence-corrected chi connectivity index (χ4v) is 9.16. The van der Waals surface area contributed by atoms with E-state index >= 15 is 0 Å². The maximum absolute atomic E-state index is 14.0. The summed E-state index contributed by atoms with van der Waals surface area (Å²) in [6.07, 6.45) is 8.04. The Morgan fingerprint density at radius 1 is 0.909 bits per heavy atom. The van der Waals surface area contributed by atoms with Crippen LogP contribution in [0.4, 0.5) is 0 Å². The molecule has 0 aromatic heterocycles. The quantitative estimate of drug-likeness (QED) is 0.488. The number of fused-ring (bicyclic) bond motifs is 4. The SMILES string of the molecule is CC(C)CCC[C@H](C)[C@@H]1CC[C@]2(C)C3=C(C(=O)C[C@]12C)[C@]1(C)CC[C@@H](O)C(C)(C)[C@@H]1CC3=O. The average molecular weight is 457 g/mol. The molecule has 0 heterocycles. The molecule has 0 aromatic carbocycles. The summed E-state index contributed by atoms with van der Waals surface area (Å²) in [5.41, 5.74) is 0.780. The van der Waals surface area contributed by atoms with Crippen molar-refractivity contribution < 1.29 is 14.7 Å². The summed E-state index contributed by atoms with van der Waals surface area (Å²) in [4.78, 5) is 27.9. The van der Waals surface area contributed by atoms with Crippen molar-refractivity contribution in [3.05, 3.63) is 11.1 Å². The van der Waals surface area contributed by atoms with Crippen LogP contribution in [0.25, 0.3) is 0 Å². The molecule has 0 saturated heterocycles. The third kappa shape index (κ3) is 3.46. The van der Waals surface area contributed by atoms with Crippen LogP contribution in [0.15, 0.2) is 11.1 Å². The molecule has 33 heavy (non-hydrogen) atoms. The van der Waals surface area contributed by atoms with E-state index < -0.39 is 6.10 Å². The second kappa shape index (κ2) is 8.04. The maximum Gasteiger partial charge on any atom is 0.160 e. The highest BCUT2D eigenvalue weighted by Gasteiger charge is 2.67. The van der Waals surface area contributed by atoms with Gasteiger partial charge in [0.1, 0.15) is 0 Å². The van der Waals surface area contributed by atoms with E-state index in [0.717, 1.165) is 36.3 Å². The van der Waals surface area contributed by atoms with Crippen LogP contribution >= 0.6 is 0 Å². The normalized spacial score (nSPS) is 43.4. The van der Waals surface area contributed by atoms with E-state index in [2.05, 4.69) is 55.4 Å². The van der Waals surface area contributed by atoms with Crippen molar-refractivity contribution in [2.45, 2.75) is 119 Å². The van der Waals surface area contributed by atoms with Crippen LogP contribution in [0, 0.1) is 45.3 Å². The lowest BCUT2D eigenvalue weighted by Crippen LogP contribution is -2.59. The molecule has 3 heteroatoms. The van der Waals surface area contributed by atoms with Crippen molar-refractivity contribution in [2.24, 2.45) is 45.3 Å². The third-order valence-electron chi connectivity index (χ3n) is 11.5. The molecule has 4 rings (SSSR count). The Morgan fingerprint density at radius 2 is 1.58 bits per heavy atom. The predicted molar refractivity (Wildman–Crippen MR) is 134 cm³/mol. The monoisotopic (exact) mass is 456 g/mol. The van der Waals surface area contributed by atoms with E-state index in [0.29, 0.717) is 31.1 Å². The number of hydrogen-bond acceptors (Lipinski definition) is 3. The van der Waals surface area contributed by atoms with Crippen LogP contribution < -0.4 is 0 Å². The van der Waals surface area contributed by atoms with Gasteiger partial charge in [-0.25, -0.2) is 0 Å². The van der Waals surface area contributed by atoms with Gasteiger partial charge in [0.05, 0.1) is 6.10 Å². The maximum atomic E-state index is 14.0. The lowest BCUT2D eigenvalue weighted by atomic mass is 9.43. The minimum atomic E-state index is -0.410. The van der Waals surface area contributed by atoms with Gasteiger partial charge in [0.25, 0.3) is 0 Å². The van der Waals surface area contributed by atoms with Gasteiger partial charge in [0.15, 0.2) is 11.6 Å². The number of carbonyl (C=O) groups excluding carboxylic acids is 2. The molecule has 7 atom stereocenters. The predicted octanol–water partition coefficient (Wildman–Crippen LogP) is 6.92. The molecule has 2 fully saturated rings. The van der Waals surface area contributed by atoms with Crippen molar-refractivity contribution in [2.75, 3.05) is 0 Å². The number of Topliss-reactive ketones (excluding diaryl/α,β-unsaturated/α-hetero) is 2. The van der Waals surface area contributed by atoms with Gasteiger partial charge in [0.2, 0.25) is 0 Å². The number of rotatable bonds is 5. The Hall–Kier alpha value is -0.960. The highest BCUT2D eigenvalue weighted by atomic mass is 16.3. The molecule has 0 aromatic rings.